The average molecular weight is 324 g/mol. The highest BCUT2D eigenvalue weighted by molar-refractivity contribution is 8.14. The van der Waals surface area contributed by atoms with Gasteiger partial charge in [0.25, 0.3) is 0 Å². The molecule has 0 aromatic heterocycles. The van der Waals surface area contributed by atoms with Crippen molar-refractivity contribution in [2.45, 2.75) is 26.6 Å². The van der Waals surface area contributed by atoms with Crippen LogP contribution in [0.15, 0.2) is 48.5 Å². The lowest BCUT2D eigenvalue weighted by atomic mass is 9.66. The van der Waals surface area contributed by atoms with Gasteiger partial charge in [0.2, 0.25) is 12.4 Å². The van der Waals surface area contributed by atoms with Gasteiger partial charge < -0.3 is 4.79 Å². The molecule has 0 spiro atoms. The minimum Gasteiger partial charge on any atom is -0.306 e. The van der Waals surface area contributed by atoms with E-state index in [0.717, 1.165) is 40.7 Å². The Labute approximate surface area is 142 Å². The molecule has 0 unspecified atom stereocenters. The van der Waals surface area contributed by atoms with Gasteiger partial charge in [0.05, 0.1) is 0 Å². The van der Waals surface area contributed by atoms with E-state index < -0.39 is 0 Å². The Morgan fingerprint density at radius 2 is 1.48 bits per heavy atom. The van der Waals surface area contributed by atoms with Gasteiger partial charge >= 0.3 is 0 Å². The number of hydrogen-bond donors (Lipinski definition) is 0. The van der Waals surface area contributed by atoms with Crippen molar-refractivity contribution in [2.24, 2.45) is 0 Å². The maximum absolute atomic E-state index is 12.2. The van der Waals surface area contributed by atoms with Crippen molar-refractivity contribution in [3.63, 3.8) is 0 Å². The van der Waals surface area contributed by atoms with E-state index in [1.165, 1.54) is 11.8 Å². The molecule has 0 atom stereocenters. The van der Waals surface area contributed by atoms with Crippen LogP contribution in [0.3, 0.4) is 0 Å². The Balaban J connectivity index is 1.72. The molecule has 0 aliphatic carbocycles. The molecular weight excluding hydrogens is 303 g/mol. The fraction of sp³-hybridized carbons (Fsp3) is 0.263. The molecule has 2 nitrogen and oxygen atoms in total. The molecule has 0 aliphatic rings. The fourth-order valence-electron chi connectivity index (χ4n) is 2.45. The molecule has 0 bridgehead atoms. The summed E-state index contributed by atoms with van der Waals surface area (Å²) in [6.07, 6.45) is 1.70. The number of rotatable bonds is 7. The van der Waals surface area contributed by atoms with Crippen LogP contribution in [0.4, 0.5) is 0 Å². The van der Waals surface area contributed by atoms with Crippen LogP contribution in [0.25, 0.3) is 0 Å². The van der Waals surface area contributed by atoms with Gasteiger partial charge in [0.1, 0.15) is 5.68 Å². The van der Waals surface area contributed by atoms with Crippen molar-refractivity contribution < 1.29 is 9.59 Å². The number of carbonyl (C=O) groups is 2. The first-order chi connectivity index (χ1) is 11.1. The molecule has 118 valence electrons. The number of aryl methyl sites for hydroxylation is 2. The van der Waals surface area contributed by atoms with Gasteiger partial charge in [-0.25, -0.2) is 0 Å². The smallest absolute Gasteiger partial charge is 0.219 e. The highest BCUT2D eigenvalue weighted by Gasteiger charge is 2.11. The Kier molecular flexibility index (Phi) is 6.66. The molecular formula is C19H21BO2S. The zero-order valence-corrected chi connectivity index (χ0v) is 14.5. The van der Waals surface area contributed by atoms with Crippen LogP contribution in [0.1, 0.15) is 38.3 Å². The maximum atomic E-state index is 12.2. The molecule has 0 N–H and O–H groups in total. The van der Waals surface area contributed by atoms with Crippen molar-refractivity contribution in [3.05, 3.63) is 70.8 Å². The average Bonchev–Trinajstić information content (AvgIpc) is 2.55. The fourth-order valence-corrected chi connectivity index (χ4v) is 3.37. The van der Waals surface area contributed by atoms with Crippen LogP contribution in [0, 0.1) is 13.8 Å². The Morgan fingerprint density at radius 1 is 0.913 bits per heavy atom. The number of benzene rings is 2. The molecule has 23 heavy (non-hydrogen) atoms. The van der Waals surface area contributed by atoms with Gasteiger partial charge in [0, 0.05) is 16.9 Å². The molecule has 2 aromatic carbocycles. The molecule has 0 amide bonds. The minimum atomic E-state index is 0.119. The number of carbonyl (C=O) groups excluding carboxylic acids is 2. The van der Waals surface area contributed by atoms with Crippen molar-refractivity contribution in [1.82, 2.24) is 0 Å². The highest BCUT2D eigenvalue weighted by atomic mass is 32.2. The molecule has 0 fully saturated rings. The number of hydrogen-bond acceptors (Lipinski definition) is 3. The predicted molar refractivity (Wildman–Crippen MR) is 100 cm³/mol. The second-order valence-corrected chi connectivity index (χ2v) is 6.71. The summed E-state index contributed by atoms with van der Waals surface area (Å²) in [5.74, 6) is 0.758. The standard InChI is InChI=1S/C19H21BO2S/c1-14-8-3-5-10-16(14)18(21)20-12-7-13-23-19(22)17-11-6-4-9-15(17)2/h3-6,8-11,20H,7,12-13H2,1-2H3. The van der Waals surface area contributed by atoms with Crippen LogP contribution in [0.5, 0.6) is 0 Å². The van der Waals surface area contributed by atoms with Gasteiger partial charge in [-0.2, -0.15) is 0 Å². The summed E-state index contributed by atoms with van der Waals surface area (Å²) < 4.78 is 0. The van der Waals surface area contributed by atoms with E-state index in [4.69, 9.17) is 0 Å². The second-order valence-electron chi connectivity index (χ2n) is 5.65. The van der Waals surface area contributed by atoms with E-state index in [9.17, 15) is 9.59 Å². The first-order valence-electron chi connectivity index (χ1n) is 7.91. The molecule has 4 heteroatoms. The number of thioether (sulfide) groups is 1. The topological polar surface area (TPSA) is 34.1 Å². The molecule has 2 aromatic rings. The summed E-state index contributed by atoms with van der Waals surface area (Å²) in [5, 5.41) is 0.119. The van der Waals surface area contributed by atoms with Crippen LogP contribution in [-0.2, 0) is 0 Å². The highest BCUT2D eigenvalue weighted by Crippen LogP contribution is 2.17. The van der Waals surface area contributed by atoms with E-state index >= 15 is 0 Å². The van der Waals surface area contributed by atoms with Crippen molar-refractivity contribution >= 4 is 29.8 Å². The Morgan fingerprint density at radius 3 is 2.09 bits per heavy atom. The van der Waals surface area contributed by atoms with Crippen molar-refractivity contribution in [2.75, 3.05) is 5.75 Å². The molecule has 0 aliphatic heterocycles. The summed E-state index contributed by atoms with van der Waals surface area (Å²) in [6, 6.07) is 15.3. The van der Waals surface area contributed by atoms with Crippen molar-refractivity contribution in [3.8, 4) is 0 Å². The summed E-state index contributed by atoms with van der Waals surface area (Å²) in [5.41, 5.74) is 3.84. The van der Waals surface area contributed by atoms with E-state index in [2.05, 4.69) is 0 Å². The SMILES string of the molecule is Cc1ccccc1C(=O)BCCCSC(=O)c1ccccc1C. The van der Waals surface area contributed by atoms with E-state index in [1.54, 1.807) is 0 Å². The summed E-state index contributed by atoms with van der Waals surface area (Å²) in [7, 11) is 0.546. The minimum absolute atomic E-state index is 0.119. The molecule has 0 heterocycles. The van der Waals surface area contributed by atoms with Crippen molar-refractivity contribution in [1.29, 1.82) is 0 Å². The van der Waals surface area contributed by atoms with Crippen LogP contribution in [-0.4, -0.2) is 23.8 Å². The summed E-state index contributed by atoms with van der Waals surface area (Å²) in [4.78, 5) is 24.3. The van der Waals surface area contributed by atoms with Gasteiger partial charge in [-0.3, -0.25) is 4.79 Å². The molecule has 0 radical (unpaired) electrons. The van der Waals surface area contributed by atoms with E-state index in [1.807, 2.05) is 62.4 Å². The third-order valence-corrected chi connectivity index (χ3v) is 4.82. The van der Waals surface area contributed by atoms with E-state index in [-0.39, 0.29) is 10.8 Å². The van der Waals surface area contributed by atoms with Gasteiger partial charge in [0.15, 0.2) is 0 Å². The lowest BCUT2D eigenvalue weighted by Gasteiger charge is -2.05. The lowest BCUT2D eigenvalue weighted by Crippen LogP contribution is -2.11. The third kappa shape index (κ3) is 5.10. The predicted octanol–water partition coefficient (Wildman–Crippen LogP) is 4.26. The van der Waals surface area contributed by atoms with Crippen LogP contribution >= 0.6 is 11.8 Å². The Bertz CT molecular complexity index is 638. The zero-order chi connectivity index (χ0) is 16.7. The summed E-state index contributed by atoms with van der Waals surface area (Å²) in [6.45, 7) is 3.92. The largest absolute Gasteiger partial charge is 0.306 e. The molecule has 0 saturated heterocycles. The Hall–Kier alpha value is -1.81. The van der Waals surface area contributed by atoms with Gasteiger partial charge in [-0.15, -0.1) is 0 Å². The monoisotopic (exact) mass is 324 g/mol. The van der Waals surface area contributed by atoms with E-state index in [0.29, 0.717) is 7.28 Å². The van der Waals surface area contributed by atoms with Gasteiger partial charge in [-0.05, 0) is 25.0 Å². The molecule has 0 saturated carbocycles. The summed E-state index contributed by atoms with van der Waals surface area (Å²) >= 11 is 1.34. The van der Waals surface area contributed by atoms with Crippen LogP contribution in [0.2, 0.25) is 6.32 Å². The lowest BCUT2D eigenvalue weighted by molar-refractivity contribution is 0.107. The first kappa shape index (κ1) is 17.5. The normalized spacial score (nSPS) is 10.3. The second kappa shape index (κ2) is 8.73. The first-order valence-corrected chi connectivity index (χ1v) is 8.89. The zero-order valence-electron chi connectivity index (χ0n) is 13.7. The molecule has 2 rings (SSSR count). The van der Waals surface area contributed by atoms with Crippen LogP contribution < -0.4 is 0 Å². The quantitative estimate of drug-likeness (QED) is 0.564. The van der Waals surface area contributed by atoms with Gasteiger partial charge in [-0.1, -0.05) is 73.0 Å². The third-order valence-electron chi connectivity index (χ3n) is 3.84. The maximum Gasteiger partial charge on any atom is 0.219 e.